The minimum atomic E-state index is -0.0554. The molecule has 2 N–H and O–H groups in total. The van der Waals surface area contributed by atoms with Crippen LogP contribution in [0.2, 0.25) is 0 Å². The van der Waals surface area contributed by atoms with E-state index in [2.05, 4.69) is 11.1 Å². The van der Waals surface area contributed by atoms with E-state index in [-0.39, 0.29) is 12.5 Å². The summed E-state index contributed by atoms with van der Waals surface area (Å²) >= 11 is 1.54. The second-order valence-corrected chi connectivity index (χ2v) is 6.91. The molecule has 5 nitrogen and oxygen atoms in total. The van der Waals surface area contributed by atoms with Crippen LogP contribution in [0.15, 0.2) is 53.4 Å². The number of nitrogens with zero attached hydrogens (tertiary/aromatic N) is 2. The van der Waals surface area contributed by atoms with Gasteiger partial charge >= 0.3 is 0 Å². The Kier molecular flexibility index (Phi) is 4.58. The number of aromatic nitrogens is 1. The second kappa shape index (κ2) is 7.17. The van der Waals surface area contributed by atoms with Gasteiger partial charge < -0.3 is 15.4 Å². The van der Waals surface area contributed by atoms with Gasteiger partial charge in [-0.3, -0.25) is 4.79 Å². The number of anilines is 2. The van der Waals surface area contributed by atoms with Gasteiger partial charge in [-0.05, 0) is 42.7 Å². The standard InChI is InChI=1S/C20H19N3O2S/c21-16-10-15(17-12-26-13-22-17)7-8-19(16)25-11-20(24)23-9-3-5-14-4-1-2-6-18(14)23/h1-2,4,6-8,10,12-13H,3,5,9,11,21H2. The highest BCUT2D eigenvalue weighted by atomic mass is 32.1. The molecule has 26 heavy (non-hydrogen) atoms. The highest BCUT2D eigenvalue weighted by Gasteiger charge is 2.22. The van der Waals surface area contributed by atoms with E-state index >= 15 is 0 Å². The predicted molar refractivity (Wildman–Crippen MR) is 105 cm³/mol. The molecule has 2 aromatic carbocycles. The Morgan fingerprint density at radius 2 is 2.15 bits per heavy atom. The number of carbonyl (C=O) groups is 1. The number of thiazole rings is 1. The summed E-state index contributed by atoms with van der Waals surface area (Å²) in [6.07, 6.45) is 1.97. The maximum Gasteiger partial charge on any atom is 0.264 e. The van der Waals surface area contributed by atoms with Crippen molar-refractivity contribution in [1.29, 1.82) is 0 Å². The van der Waals surface area contributed by atoms with E-state index in [1.54, 1.807) is 16.5 Å². The van der Waals surface area contributed by atoms with E-state index in [0.717, 1.165) is 36.3 Å². The van der Waals surface area contributed by atoms with Gasteiger partial charge in [-0.2, -0.15) is 0 Å². The maximum absolute atomic E-state index is 12.7. The first kappa shape index (κ1) is 16.6. The Morgan fingerprint density at radius 1 is 1.27 bits per heavy atom. The molecule has 0 radical (unpaired) electrons. The number of carbonyl (C=O) groups excluding carboxylic acids is 1. The molecule has 4 rings (SSSR count). The molecule has 3 aromatic rings. The van der Waals surface area contributed by atoms with Crippen molar-refractivity contribution in [3.8, 4) is 17.0 Å². The number of rotatable bonds is 4. The molecule has 1 amide bonds. The third kappa shape index (κ3) is 3.28. The third-order valence-electron chi connectivity index (χ3n) is 4.50. The molecule has 1 aliphatic rings. The summed E-state index contributed by atoms with van der Waals surface area (Å²) in [5, 5.41) is 1.96. The highest BCUT2D eigenvalue weighted by molar-refractivity contribution is 7.07. The van der Waals surface area contributed by atoms with Gasteiger partial charge in [0.05, 0.1) is 16.9 Å². The maximum atomic E-state index is 12.7. The summed E-state index contributed by atoms with van der Waals surface area (Å²) in [7, 11) is 0. The van der Waals surface area contributed by atoms with Gasteiger partial charge in [0.15, 0.2) is 6.61 Å². The minimum absolute atomic E-state index is 0.0332. The van der Waals surface area contributed by atoms with E-state index in [0.29, 0.717) is 11.4 Å². The lowest BCUT2D eigenvalue weighted by Crippen LogP contribution is -2.38. The fourth-order valence-corrected chi connectivity index (χ4v) is 3.77. The number of ether oxygens (including phenoxy) is 1. The lowest BCUT2D eigenvalue weighted by atomic mass is 10.0. The number of fused-ring (bicyclic) bond motifs is 1. The Balaban J connectivity index is 1.45. The summed E-state index contributed by atoms with van der Waals surface area (Å²) in [6.45, 7) is 0.687. The van der Waals surface area contributed by atoms with Crippen LogP contribution in [0.25, 0.3) is 11.3 Å². The number of hydrogen-bond acceptors (Lipinski definition) is 5. The van der Waals surface area contributed by atoms with Crippen molar-refractivity contribution >= 4 is 28.6 Å². The van der Waals surface area contributed by atoms with Crippen molar-refractivity contribution in [2.24, 2.45) is 0 Å². The van der Waals surface area contributed by atoms with Crippen LogP contribution in [-0.4, -0.2) is 24.0 Å². The van der Waals surface area contributed by atoms with Crippen molar-refractivity contribution in [2.75, 3.05) is 23.8 Å². The molecule has 6 heteroatoms. The number of aryl methyl sites for hydroxylation is 1. The van der Waals surface area contributed by atoms with Gasteiger partial charge in [0, 0.05) is 23.2 Å². The predicted octanol–water partition coefficient (Wildman–Crippen LogP) is 3.75. The topological polar surface area (TPSA) is 68.5 Å². The molecule has 0 saturated carbocycles. The molecule has 0 fully saturated rings. The lowest BCUT2D eigenvalue weighted by Gasteiger charge is -2.29. The fourth-order valence-electron chi connectivity index (χ4n) is 3.20. The first-order valence-corrected chi connectivity index (χ1v) is 9.46. The largest absolute Gasteiger partial charge is 0.482 e. The number of amides is 1. The van der Waals surface area contributed by atoms with Gasteiger partial charge in [-0.1, -0.05) is 18.2 Å². The fraction of sp³-hybridized carbons (Fsp3) is 0.200. The monoisotopic (exact) mass is 365 g/mol. The summed E-state index contributed by atoms with van der Waals surface area (Å²) in [4.78, 5) is 18.7. The van der Waals surface area contributed by atoms with E-state index in [1.807, 2.05) is 35.7 Å². The van der Waals surface area contributed by atoms with Gasteiger partial charge in [0.1, 0.15) is 5.75 Å². The first-order chi connectivity index (χ1) is 12.7. The molecule has 0 unspecified atom stereocenters. The highest BCUT2D eigenvalue weighted by Crippen LogP contribution is 2.29. The Hall–Kier alpha value is -2.86. The average molecular weight is 365 g/mol. The van der Waals surface area contributed by atoms with Crippen molar-refractivity contribution in [2.45, 2.75) is 12.8 Å². The number of nitrogen functional groups attached to an aromatic ring is 1. The van der Waals surface area contributed by atoms with Crippen molar-refractivity contribution < 1.29 is 9.53 Å². The van der Waals surface area contributed by atoms with Crippen molar-refractivity contribution in [3.05, 3.63) is 58.9 Å². The molecule has 1 aliphatic heterocycles. The van der Waals surface area contributed by atoms with Crippen LogP contribution in [0.1, 0.15) is 12.0 Å². The van der Waals surface area contributed by atoms with Crippen LogP contribution < -0.4 is 15.4 Å². The minimum Gasteiger partial charge on any atom is -0.482 e. The summed E-state index contributed by atoms with van der Waals surface area (Å²) in [5.74, 6) is 0.461. The van der Waals surface area contributed by atoms with Crippen molar-refractivity contribution in [3.63, 3.8) is 0 Å². The van der Waals surface area contributed by atoms with Gasteiger partial charge in [-0.15, -0.1) is 11.3 Å². The van der Waals surface area contributed by atoms with Gasteiger partial charge in [0.2, 0.25) is 0 Å². The van der Waals surface area contributed by atoms with E-state index in [9.17, 15) is 4.79 Å². The molecule has 1 aromatic heterocycles. The molecule has 0 aliphatic carbocycles. The van der Waals surface area contributed by atoms with Crippen molar-refractivity contribution in [1.82, 2.24) is 4.98 Å². The van der Waals surface area contributed by atoms with E-state index in [1.165, 1.54) is 16.9 Å². The molecule has 132 valence electrons. The number of para-hydroxylation sites is 1. The molecular formula is C20H19N3O2S. The molecule has 0 spiro atoms. The van der Waals surface area contributed by atoms with E-state index < -0.39 is 0 Å². The van der Waals surface area contributed by atoms with Crippen LogP contribution in [-0.2, 0) is 11.2 Å². The quantitative estimate of drug-likeness (QED) is 0.715. The molecule has 2 heterocycles. The smallest absolute Gasteiger partial charge is 0.264 e. The van der Waals surface area contributed by atoms with E-state index in [4.69, 9.17) is 10.5 Å². The third-order valence-corrected chi connectivity index (χ3v) is 5.09. The Labute approximate surface area is 156 Å². The Morgan fingerprint density at radius 3 is 2.96 bits per heavy atom. The van der Waals surface area contributed by atoms with Crippen LogP contribution in [0.4, 0.5) is 11.4 Å². The number of nitrogens with two attached hydrogens (primary N) is 1. The molecular weight excluding hydrogens is 346 g/mol. The first-order valence-electron chi connectivity index (χ1n) is 8.51. The Bertz CT molecular complexity index is 925. The zero-order valence-electron chi connectivity index (χ0n) is 14.2. The zero-order valence-corrected chi connectivity index (χ0v) is 15.0. The number of benzene rings is 2. The SMILES string of the molecule is Nc1cc(-c2cscn2)ccc1OCC(=O)N1CCCc2ccccc21. The molecule has 0 atom stereocenters. The molecule has 0 saturated heterocycles. The van der Waals surface area contributed by atoms with Crippen LogP contribution in [0, 0.1) is 0 Å². The second-order valence-electron chi connectivity index (χ2n) is 6.19. The molecule has 0 bridgehead atoms. The van der Waals surface area contributed by atoms with Gasteiger partial charge in [-0.25, -0.2) is 4.98 Å². The van der Waals surface area contributed by atoms with Crippen LogP contribution in [0.3, 0.4) is 0 Å². The van der Waals surface area contributed by atoms with Gasteiger partial charge in [0.25, 0.3) is 5.91 Å². The number of hydrogen-bond donors (Lipinski definition) is 1. The zero-order chi connectivity index (χ0) is 17.9. The van der Waals surface area contributed by atoms with Crippen LogP contribution in [0.5, 0.6) is 5.75 Å². The van der Waals surface area contributed by atoms with Crippen LogP contribution >= 0.6 is 11.3 Å². The average Bonchev–Trinajstić information content (AvgIpc) is 3.21. The summed E-state index contributed by atoms with van der Waals surface area (Å²) in [5.41, 5.74) is 12.4. The summed E-state index contributed by atoms with van der Waals surface area (Å²) < 4.78 is 5.71. The lowest BCUT2D eigenvalue weighted by molar-refractivity contribution is -0.120. The normalized spacial score (nSPS) is 13.3. The summed E-state index contributed by atoms with van der Waals surface area (Å²) in [6, 6.07) is 13.6.